The van der Waals surface area contributed by atoms with E-state index in [1.807, 2.05) is 0 Å². The molecular formula is C16H13F4N3O4. The molecule has 0 saturated heterocycles. The molecule has 27 heavy (non-hydrogen) atoms. The number of halogens is 4. The van der Waals surface area contributed by atoms with E-state index in [4.69, 9.17) is 0 Å². The van der Waals surface area contributed by atoms with E-state index < -0.39 is 24.9 Å². The first-order chi connectivity index (χ1) is 12.8. The number of alkyl halides is 4. The molecule has 2 rings (SSSR count). The van der Waals surface area contributed by atoms with Crippen LogP contribution in [0.1, 0.15) is 5.56 Å². The lowest BCUT2D eigenvalue weighted by Gasteiger charge is -2.10. The first kappa shape index (κ1) is 19.9. The molecule has 0 aliphatic carbocycles. The number of benzene rings is 1. The number of hydrogen-bond donors (Lipinski definition) is 1. The van der Waals surface area contributed by atoms with E-state index >= 15 is 0 Å². The minimum atomic E-state index is -3.21. The fourth-order valence-corrected chi connectivity index (χ4v) is 1.95. The predicted molar refractivity (Wildman–Crippen MR) is 86.1 cm³/mol. The van der Waals surface area contributed by atoms with Crippen LogP contribution in [0.4, 0.5) is 17.6 Å². The molecule has 7 nitrogen and oxygen atoms in total. The first-order valence-electron chi connectivity index (χ1n) is 7.36. The third kappa shape index (κ3) is 6.45. The number of hydrogen-bond acceptors (Lipinski definition) is 5. The van der Waals surface area contributed by atoms with Crippen molar-refractivity contribution in [1.29, 1.82) is 0 Å². The van der Waals surface area contributed by atoms with Crippen LogP contribution in [0.5, 0.6) is 11.5 Å². The van der Waals surface area contributed by atoms with Crippen molar-refractivity contribution in [3.8, 4) is 11.5 Å². The second kappa shape index (κ2) is 9.36. The maximum absolute atomic E-state index is 12.5. The zero-order valence-electron chi connectivity index (χ0n) is 13.5. The van der Waals surface area contributed by atoms with Crippen LogP contribution < -0.4 is 20.5 Å². The summed E-state index contributed by atoms with van der Waals surface area (Å²) in [5, 5.41) is 3.57. The number of rotatable bonds is 8. The molecule has 0 radical (unpaired) electrons. The molecule has 1 amide bonds. The van der Waals surface area contributed by atoms with Gasteiger partial charge < -0.3 is 14.0 Å². The van der Waals surface area contributed by atoms with E-state index in [2.05, 4.69) is 20.0 Å². The molecule has 0 atom stereocenters. The predicted octanol–water partition coefficient (Wildman–Crippen LogP) is 2.20. The maximum Gasteiger partial charge on any atom is 0.387 e. The summed E-state index contributed by atoms with van der Waals surface area (Å²) in [5.74, 6) is -1.50. The Hall–Kier alpha value is -3.37. The van der Waals surface area contributed by atoms with Crippen LogP contribution in [-0.4, -0.2) is 29.9 Å². The number of nitrogens with one attached hydrogen (secondary N) is 1. The monoisotopic (exact) mass is 387 g/mol. The number of nitrogens with zero attached hydrogens (tertiary/aromatic N) is 2. The van der Waals surface area contributed by atoms with E-state index in [-0.39, 0.29) is 23.4 Å². The van der Waals surface area contributed by atoms with E-state index in [0.717, 1.165) is 29.0 Å². The quantitative estimate of drug-likeness (QED) is 0.428. The summed E-state index contributed by atoms with van der Waals surface area (Å²) < 4.78 is 58.8. The van der Waals surface area contributed by atoms with Gasteiger partial charge in [-0.2, -0.15) is 22.7 Å². The summed E-state index contributed by atoms with van der Waals surface area (Å²) in [6, 6.07) is 7.43. The Morgan fingerprint density at radius 1 is 1.15 bits per heavy atom. The molecular weight excluding hydrogens is 374 g/mol. The highest BCUT2D eigenvalue weighted by molar-refractivity contribution is 5.85. The SMILES string of the molecule is O=C(Cn1ccccc1=O)N/N=C\c1ccc(OC(F)F)cc1OC(F)F. The lowest BCUT2D eigenvalue weighted by Crippen LogP contribution is -2.29. The molecule has 11 heteroatoms. The van der Waals surface area contributed by atoms with Gasteiger partial charge in [0, 0.05) is 23.9 Å². The number of carbonyl (C=O) groups is 1. The summed E-state index contributed by atoms with van der Waals surface area (Å²) in [6.07, 6.45) is 2.39. The topological polar surface area (TPSA) is 81.9 Å². The highest BCUT2D eigenvalue weighted by Gasteiger charge is 2.12. The molecule has 144 valence electrons. The molecule has 1 N–H and O–H groups in total. The van der Waals surface area contributed by atoms with E-state index in [0.29, 0.717) is 0 Å². The Balaban J connectivity index is 2.07. The first-order valence-corrected chi connectivity index (χ1v) is 7.36. The lowest BCUT2D eigenvalue weighted by molar-refractivity contribution is -0.121. The number of ether oxygens (including phenoxy) is 2. The van der Waals surface area contributed by atoms with Crippen LogP contribution in [0.3, 0.4) is 0 Å². The van der Waals surface area contributed by atoms with Gasteiger partial charge in [-0.05, 0) is 18.2 Å². The summed E-state index contributed by atoms with van der Waals surface area (Å²) in [7, 11) is 0. The Labute approximate surface area is 149 Å². The molecule has 0 spiro atoms. The molecule has 1 aromatic heterocycles. The largest absolute Gasteiger partial charge is 0.435 e. The summed E-state index contributed by atoms with van der Waals surface area (Å²) in [5.41, 5.74) is 1.70. The Bertz CT molecular complexity index is 871. The third-order valence-corrected chi connectivity index (χ3v) is 3.03. The molecule has 0 saturated carbocycles. The molecule has 0 unspecified atom stereocenters. The molecule has 1 heterocycles. The Morgan fingerprint density at radius 2 is 1.89 bits per heavy atom. The van der Waals surface area contributed by atoms with Gasteiger partial charge in [0.2, 0.25) is 0 Å². The molecule has 0 aliphatic heterocycles. The van der Waals surface area contributed by atoms with Gasteiger partial charge in [-0.3, -0.25) is 9.59 Å². The lowest BCUT2D eigenvalue weighted by atomic mass is 10.2. The average Bonchev–Trinajstić information content (AvgIpc) is 2.58. The van der Waals surface area contributed by atoms with Crippen molar-refractivity contribution >= 4 is 12.1 Å². The zero-order chi connectivity index (χ0) is 19.8. The highest BCUT2D eigenvalue weighted by atomic mass is 19.3. The van der Waals surface area contributed by atoms with Gasteiger partial charge in [-0.1, -0.05) is 6.07 Å². The van der Waals surface area contributed by atoms with Crippen molar-refractivity contribution < 1.29 is 31.8 Å². The van der Waals surface area contributed by atoms with Crippen LogP contribution in [-0.2, 0) is 11.3 Å². The molecule has 2 aromatic rings. The van der Waals surface area contributed by atoms with Crippen LogP contribution in [0.15, 0.2) is 52.5 Å². The van der Waals surface area contributed by atoms with Gasteiger partial charge in [0.05, 0.1) is 6.21 Å². The number of amides is 1. The minimum absolute atomic E-state index is 0.0194. The van der Waals surface area contributed by atoms with Crippen LogP contribution in [0.2, 0.25) is 0 Å². The Kier molecular flexibility index (Phi) is 6.92. The maximum atomic E-state index is 12.5. The number of hydrazone groups is 1. The van der Waals surface area contributed by atoms with E-state index in [9.17, 15) is 27.2 Å². The molecule has 1 aromatic carbocycles. The van der Waals surface area contributed by atoms with Crippen LogP contribution in [0.25, 0.3) is 0 Å². The summed E-state index contributed by atoms with van der Waals surface area (Å²) >= 11 is 0. The number of carbonyl (C=O) groups excluding carboxylic acids is 1. The van der Waals surface area contributed by atoms with Gasteiger partial charge in [0.1, 0.15) is 18.0 Å². The second-order valence-corrected chi connectivity index (χ2v) is 4.92. The highest BCUT2D eigenvalue weighted by Crippen LogP contribution is 2.26. The van der Waals surface area contributed by atoms with Crippen molar-refractivity contribution in [2.24, 2.45) is 5.10 Å². The molecule has 0 aliphatic rings. The standard InChI is InChI=1S/C16H13F4N3O4/c17-15(18)26-11-5-4-10(12(7-11)27-16(19)20)8-21-22-13(24)9-23-6-2-1-3-14(23)25/h1-8,15-16H,9H2,(H,22,24)/b21-8-. The number of pyridine rings is 1. The summed E-state index contributed by atoms with van der Waals surface area (Å²) in [4.78, 5) is 23.3. The van der Waals surface area contributed by atoms with Crippen LogP contribution >= 0.6 is 0 Å². The van der Waals surface area contributed by atoms with Crippen molar-refractivity contribution in [2.75, 3.05) is 0 Å². The minimum Gasteiger partial charge on any atom is -0.435 e. The van der Waals surface area contributed by atoms with Crippen molar-refractivity contribution in [1.82, 2.24) is 9.99 Å². The Morgan fingerprint density at radius 3 is 2.56 bits per heavy atom. The van der Waals surface area contributed by atoms with Gasteiger partial charge >= 0.3 is 13.2 Å². The van der Waals surface area contributed by atoms with Gasteiger partial charge in [-0.25, -0.2) is 5.43 Å². The summed E-state index contributed by atoms with van der Waals surface area (Å²) in [6.45, 7) is -6.65. The van der Waals surface area contributed by atoms with Crippen molar-refractivity contribution in [2.45, 2.75) is 19.8 Å². The average molecular weight is 387 g/mol. The fraction of sp³-hybridized carbons (Fsp3) is 0.188. The normalized spacial score (nSPS) is 11.2. The van der Waals surface area contributed by atoms with Crippen molar-refractivity contribution in [3.63, 3.8) is 0 Å². The second-order valence-electron chi connectivity index (χ2n) is 4.92. The van der Waals surface area contributed by atoms with Crippen molar-refractivity contribution in [3.05, 3.63) is 58.5 Å². The number of aromatic nitrogens is 1. The molecule has 0 fully saturated rings. The van der Waals surface area contributed by atoms with Gasteiger partial charge in [-0.15, -0.1) is 0 Å². The fourth-order valence-electron chi connectivity index (χ4n) is 1.95. The van der Waals surface area contributed by atoms with E-state index in [1.165, 1.54) is 18.3 Å². The van der Waals surface area contributed by atoms with Gasteiger partial charge in [0.15, 0.2) is 0 Å². The smallest absolute Gasteiger partial charge is 0.387 e. The molecule has 0 bridgehead atoms. The van der Waals surface area contributed by atoms with Crippen LogP contribution in [0, 0.1) is 0 Å². The zero-order valence-corrected chi connectivity index (χ0v) is 13.5. The van der Waals surface area contributed by atoms with Gasteiger partial charge in [0.25, 0.3) is 11.5 Å². The third-order valence-electron chi connectivity index (χ3n) is 3.03. The van der Waals surface area contributed by atoms with E-state index in [1.54, 1.807) is 6.07 Å².